The summed E-state index contributed by atoms with van der Waals surface area (Å²) in [6, 6.07) is 0. The van der Waals surface area contributed by atoms with Gasteiger partial charge < -0.3 is 24.4 Å². The Balaban J connectivity index is 2.17. The van der Waals surface area contributed by atoms with Crippen LogP contribution in [0.5, 0.6) is 0 Å². The highest BCUT2D eigenvalue weighted by Crippen LogP contribution is 2.25. The van der Waals surface area contributed by atoms with Crippen LogP contribution >= 0.6 is 0 Å². The van der Waals surface area contributed by atoms with Gasteiger partial charge in [-0.1, -0.05) is 0 Å². The predicted molar refractivity (Wildman–Crippen MR) is 91.4 cm³/mol. The lowest BCUT2D eigenvalue weighted by molar-refractivity contribution is -0.348. The number of ether oxygens (including phenoxy) is 3. The van der Waals surface area contributed by atoms with Gasteiger partial charge in [-0.25, -0.2) is 8.37 Å². The van der Waals surface area contributed by atoms with E-state index < -0.39 is 94.4 Å². The van der Waals surface area contributed by atoms with Crippen LogP contribution in [-0.2, 0) is 53.7 Å². The van der Waals surface area contributed by atoms with Crippen molar-refractivity contribution in [1.29, 1.82) is 0 Å². The summed E-state index contributed by atoms with van der Waals surface area (Å²) >= 11 is 0. The van der Waals surface area contributed by atoms with Crippen molar-refractivity contribution in [2.24, 2.45) is 0 Å². The van der Waals surface area contributed by atoms with E-state index in [0.717, 1.165) is 0 Å². The van der Waals surface area contributed by atoms with Gasteiger partial charge >= 0.3 is 31.1 Å². The van der Waals surface area contributed by atoms with E-state index in [0.29, 0.717) is 5.01 Å². The molecule has 18 nitrogen and oxygen atoms in total. The molecule has 0 aliphatic carbocycles. The van der Waals surface area contributed by atoms with Gasteiger partial charge in [0.15, 0.2) is 0 Å². The molecule has 0 amide bonds. The molecule has 2 heterocycles. The van der Waals surface area contributed by atoms with E-state index in [4.69, 9.17) is 27.9 Å². The number of aliphatic hydroxyl groups excluding tert-OH is 2. The molecule has 6 N–H and O–H groups in total. The zero-order chi connectivity index (χ0) is 23.6. The van der Waals surface area contributed by atoms with E-state index in [1.165, 1.54) is 4.83 Å². The fourth-order valence-corrected chi connectivity index (χ4v) is 3.91. The molecule has 2 aliphatic heterocycles. The van der Waals surface area contributed by atoms with Crippen LogP contribution in [0.15, 0.2) is 0 Å². The van der Waals surface area contributed by atoms with Gasteiger partial charge in [-0.05, 0) is 0 Å². The fourth-order valence-electron chi connectivity index (χ4n) is 2.63. The highest BCUT2D eigenvalue weighted by molar-refractivity contribution is 7.83. The second-order valence-electron chi connectivity index (χ2n) is 6.23. The van der Waals surface area contributed by atoms with Crippen LogP contribution in [0, 0.1) is 0 Å². The van der Waals surface area contributed by atoms with Crippen molar-refractivity contribution in [3.63, 3.8) is 0 Å². The van der Waals surface area contributed by atoms with Gasteiger partial charge in [-0.2, -0.15) is 25.3 Å². The Hall–Kier alpha value is -0.630. The lowest BCUT2D eigenvalue weighted by Gasteiger charge is -2.43. The minimum atomic E-state index is -4.99. The van der Waals surface area contributed by atoms with Crippen molar-refractivity contribution in [3.8, 4) is 0 Å². The molecule has 2 aliphatic rings. The van der Waals surface area contributed by atoms with Crippen LogP contribution in [-0.4, -0.2) is 111 Å². The topological polar surface area (TPSA) is 265 Å². The standard InChI is InChI=1S/C10H20N2O16S3/c13-8-1-5(2-25-30(18,19)20)26-10(12(8)11-29(15,16)17)27-6-3-24-4-7(9(6)14)28-31(21,22)23/h5-11,13-14H,1-4H2,(H,15,16,17)(H,18,19,20)(H,21,22,23). The van der Waals surface area contributed by atoms with Crippen molar-refractivity contribution < 1.29 is 71.7 Å². The van der Waals surface area contributed by atoms with Gasteiger partial charge in [0.1, 0.15) is 24.5 Å². The summed E-state index contributed by atoms with van der Waals surface area (Å²) in [6.45, 7) is -1.74. The average Bonchev–Trinajstić information content (AvgIpc) is 2.57. The van der Waals surface area contributed by atoms with E-state index in [1.54, 1.807) is 0 Å². The number of hydrogen-bond acceptors (Lipinski definition) is 14. The first-order chi connectivity index (χ1) is 14.0. The zero-order valence-corrected chi connectivity index (χ0v) is 17.6. The van der Waals surface area contributed by atoms with E-state index in [2.05, 4.69) is 8.37 Å². The molecular formula is C10H20N2O16S3. The Kier molecular flexibility index (Phi) is 8.68. The first-order valence-electron chi connectivity index (χ1n) is 8.09. The Morgan fingerprint density at radius 3 is 2.13 bits per heavy atom. The first-order valence-corrected chi connectivity index (χ1v) is 12.3. The summed E-state index contributed by atoms with van der Waals surface area (Å²) in [4.78, 5) is 1.47. The lowest BCUT2D eigenvalue weighted by atomic mass is 10.1. The summed E-state index contributed by atoms with van der Waals surface area (Å²) in [5, 5.41) is 20.7. The minimum Gasteiger partial charge on any atom is -0.387 e. The van der Waals surface area contributed by atoms with E-state index in [9.17, 15) is 35.5 Å². The quantitative estimate of drug-likeness (QED) is 0.157. The van der Waals surface area contributed by atoms with Gasteiger partial charge in [-0.15, -0.1) is 9.84 Å². The minimum absolute atomic E-state index is 0.333. The molecule has 0 aromatic heterocycles. The number of nitrogens with zero attached hydrogens (tertiary/aromatic N) is 1. The van der Waals surface area contributed by atoms with Gasteiger partial charge in [0.05, 0.1) is 25.9 Å². The zero-order valence-electron chi connectivity index (χ0n) is 15.2. The summed E-state index contributed by atoms with van der Waals surface area (Å²) in [6.07, 6.45) is -10.5. The monoisotopic (exact) mass is 520 g/mol. The molecule has 2 saturated heterocycles. The van der Waals surface area contributed by atoms with Crippen molar-refractivity contribution >= 4 is 31.1 Å². The first kappa shape index (κ1) is 26.6. The number of hydrazine groups is 1. The third kappa shape index (κ3) is 9.03. The van der Waals surface area contributed by atoms with Crippen molar-refractivity contribution in [2.45, 2.75) is 43.5 Å². The fraction of sp³-hybridized carbons (Fsp3) is 1.00. The maximum Gasteiger partial charge on any atom is 0.397 e. The van der Waals surface area contributed by atoms with E-state index >= 15 is 0 Å². The molecule has 2 rings (SSSR count). The van der Waals surface area contributed by atoms with Crippen molar-refractivity contribution in [1.82, 2.24) is 9.84 Å². The molecule has 0 spiro atoms. The van der Waals surface area contributed by atoms with Crippen LogP contribution in [0.2, 0.25) is 0 Å². The molecule has 0 radical (unpaired) electrons. The van der Waals surface area contributed by atoms with Crippen LogP contribution < -0.4 is 4.83 Å². The largest absolute Gasteiger partial charge is 0.397 e. The van der Waals surface area contributed by atoms with Crippen molar-refractivity contribution in [3.05, 3.63) is 0 Å². The summed E-state index contributed by atoms with van der Waals surface area (Å²) in [5.74, 6) is 0. The molecule has 0 bridgehead atoms. The van der Waals surface area contributed by atoms with E-state index in [1.807, 2.05) is 0 Å². The summed E-state index contributed by atoms with van der Waals surface area (Å²) in [7, 11) is -14.8. The van der Waals surface area contributed by atoms with Gasteiger partial charge in [0.2, 0.25) is 6.41 Å². The lowest BCUT2D eigenvalue weighted by Crippen LogP contribution is -2.63. The molecular weight excluding hydrogens is 500 g/mol. The smallest absolute Gasteiger partial charge is 0.387 e. The normalized spacial score (nSPS) is 34.0. The Labute approximate surface area is 176 Å². The van der Waals surface area contributed by atoms with E-state index in [-0.39, 0.29) is 0 Å². The van der Waals surface area contributed by atoms with Crippen LogP contribution in [0.3, 0.4) is 0 Å². The molecule has 21 heteroatoms. The van der Waals surface area contributed by atoms with Gasteiger partial charge in [-0.3, -0.25) is 13.7 Å². The molecule has 2 fully saturated rings. The second-order valence-corrected chi connectivity index (χ2v) is 9.50. The number of aliphatic hydroxyl groups is 2. The maximum absolute atomic E-state index is 11.1. The highest BCUT2D eigenvalue weighted by atomic mass is 32.3. The summed E-state index contributed by atoms with van der Waals surface area (Å²) < 4.78 is 116. The van der Waals surface area contributed by atoms with Crippen molar-refractivity contribution in [2.75, 3.05) is 19.8 Å². The Morgan fingerprint density at radius 2 is 1.58 bits per heavy atom. The molecule has 0 saturated carbocycles. The predicted octanol–water partition coefficient (Wildman–Crippen LogP) is -4.23. The second kappa shape index (κ2) is 10.1. The Morgan fingerprint density at radius 1 is 0.968 bits per heavy atom. The van der Waals surface area contributed by atoms with Crippen LogP contribution in [0.25, 0.3) is 0 Å². The van der Waals surface area contributed by atoms with Gasteiger partial charge in [0, 0.05) is 6.42 Å². The average molecular weight is 520 g/mol. The third-order valence-electron chi connectivity index (χ3n) is 3.82. The third-order valence-corrected chi connectivity index (χ3v) is 5.18. The van der Waals surface area contributed by atoms with Crippen LogP contribution in [0.4, 0.5) is 0 Å². The number of nitrogens with one attached hydrogen (secondary N) is 1. The molecule has 31 heavy (non-hydrogen) atoms. The summed E-state index contributed by atoms with van der Waals surface area (Å²) in [5.41, 5.74) is 0. The van der Waals surface area contributed by atoms with Crippen LogP contribution in [0.1, 0.15) is 6.42 Å². The Bertz CT molecular complexity index is 921. The molecule has 184 valence electrons. The highest BCUT2D eigenvalue weighted by Gasteiger charge is 2.44. The maximum atomic E-state index is 11.1. The molecule has 0 aromatic carbocycles. The molecule has 0 aromatic rings. The number of hydrogen-bond donors (Lipinski definition) is 6. The SMILES string of the molecule is O=S(=O)(O)NN1C(O)CC(COS(=O)(=O)O)OC1OC1COCC(OS(=O)(=O)O)C1O. The number of rotatable bonds is 9. The molecule has 6 atom stereocenters. The van der Waals surface area contributed by atoms with Gasteiger partial charge in [0.25, 0.3) is 0 Å². The molecule has 6 unspecified atom stereocenters.